The molecule has 3 N–H and O–H groups in total. The van der Waals surface area contributed by atoms with Gasteiger partial charge in [-0.05, 0) is 17.2 Å². The lowest BCUT2D eigenvalue weighted by atomic mass is 10.1. The van der Waals surface area contributed by atoms with Crippen molar-refractivity contribution in [3.8, 4) is 5.88 Å². The molecule has 5 nitrogen and oxygen atoms in total. The average molecular weight is 271 g/mol. The second-order valence-corrected chi connectivity index (χ2v) is 4.33. The van der Waals surface area contributed by atoms with Crippen LogP contribution in [0.25, 0.3) is 0 Å². The molecular formula is C15H17N3O2. The first-order valence-corrected chi connectivity index (χ1v) is 6.28. The van der Waals surface area contributed by atoms with E-state index in [1.807, 2.05) is 24.3 Å². The van der Waals surface area contributed by atoms with Gasteiger partial charge in [-0.3, -0.25) is 4.79 Å². The molecule has 0 atom stereocenters. The van der Waals surface area contributed by atoms with Crippen molar-refractivity contribution in [2.45, 2.75) is 13.1 Å². The van der Waals surface area contributed by atoms with E-state index in [2.05, 4.69) is 10.3 Å². The van der Waals surface area contributed by atoms with Crippen LogP contribution >= 0.6 is 0 Å². The van der Waals surface area contributed by atoms with E-state index in [1.165, 1.54) is 0 Å². The first-order valence-electron chi connectivity index (χ1n) is 6.28. The number of nitrogens with one attached hydrogen (secondary N) is 1. The molecule has 1 aromatic heterocycles. The summed E-state index contributed by atoms with van der Waals surface area (Å²) in [6.07, 6.45) is 1.76. The second kappa shape index (κ2) is 6.68. The van der Waals surface area contributed by atoms with E-state index in [-0.39, 0.29) is 0 Å². The maximum atomic E-state index is 11.3. The minimum Gasteiger partial charge on any atom is -0.481 e. The average Bonchev–Trinajstić information content (AvgIpc) is 2.48. The number of ether oxygens (including phenoxy) is 1. The van der Waals surface area contributed by atoms with Gasteiger partial charge in [0.15, 0.2) is 0 Å². The molecule has 0 aliphatic rings. The Morgan fingerprint density at radius 3 is 2.70 bits per heavy atom. The standard InChI is InChI=1S/C15H17N3O2/c1-20-14-7-6-11(9-18-14)8-17-10-12-4-2-3-5-13(12)15(16)19/h2-7,9,17H,8,10H2,1H3,(H2,16,19). The molecule has 0 fully saturated rings. The van der Waals surface area contributed by atoms with Gasteiger partial charge in [0.1, 0.15) is 0 Å². The fourth-order valence-corrected chi connectivity index (χ4v) is 1.89. The zero-order valence-electron chi connectivity index (χ0n) is 11.3. The van der Waals surface area contributed by atoms with E-state index in [4.69, 9.17) is 10.5 Å². The summed E-state index contributed by atoms with van der Waals surface area (Å²) in [5.74, 6) is 0.182. The van der Waals surface area contributed by atoms with Crippen LogP contribution < -0.4 is 15.8 Å². The van der Waals surface area contributed by atoms with Crippen LogP contribution in [0.2, 0.25) is 0 Å². The van der Waals surface area contributed by atoms with Gasteiger partial charge in [0.2, 0.25) is 11.8 Å². The van der Waals surface area contributed by atoms with Crippen molar-refractivity contribution in [1.82, 2.24) is 10.3 Å². The molecule has 5 heteroatoms. The third kappa shape index (κ3) is 3.55. The zero-order chi connectivity index (χ0) is 14.4. The topological polar surface area (TPSA) is 77.2 Å². The minimum atomic E-state index is -0.409. The third-order valence-electron chi connectivity index (χ3n) is 2.93. The first-order chi connectivity index (χ1) is 9.70. The number of pyridine rings is 1. The van der Waals surface area contributed by atoms with Crippen LogP contribution in [0, 0.1) is 0 Å². The van der Waals surface area contributed by atoms with E-state index < -0.39 is 5.91 Å². The molecule has 2 aromatic rings. The summed E-state index contributed by atoms with van der Waals surface area (Å²) < 4.78 is 5.00. The molecule has 0 aliphatic carbocycles. The van der Waals surface area contributed by atoms with Crippen molar-refractivity contribution in [1.29, 1.82) is 0 Å². The molecule has 0 spiro atoms. The Morgan fingerprint density at radius 1 is 1.25 bits per heavy atom. The lowest BCUT2D eigenvalue weighted by Crippen LogP contribution is -2.18. The number of primary amides is 1. The molecule has 104 valence electrons. The fourth-order valence-electron chi connectivity index (χ4n) is 1.89. The molecule has 0 bridgehead atoms. The van der Waals surface area contributed by atoms with Gasteiger partial charge in [0.25, 0.3) is 0 Å². The van der Waals surface area contributed by atoms with Crippen molar-refractivity contribution >= 4 is 5.91 Å². The van der Waals surface area contributed by atoms with Crippen LogP contribution in [-0.2, 0) is 13.1 Å². The highest BCUT2D eigenvalue weighted by Crippen LogP contribution is 2.09. The normalized spacial score (nSPS) is 10.2. The quantitative estimate of drug-likeness (QED) is 0.834. The molecule has 1 aromatic carbocycles. The number of rotatable bonds is 6. The molecular weight excluding hydrogens is 254 g/mol. The maximum absolute atomic E-state index is 11.3. The maximum Gasteiger partial charge on any atom is 0.249 e. The Hall–Kier alpha value is -2.40. The number of benzene rings is 1. The van der Waals surface area contributed by atoms with Crippen molar-refractivity contribution < 1.29 is 9.53 Å². The number of hydrogen-bond acceptors (Lipinski definition) is 4. The van der Waals surface area contributed by atoms with Gasteiger partial charge < -0.3 is 15.8 Å². The van der Waals surface area contributed by atoms with E-state index in [0.29, 0.717) is 24.5 Å². The first kappa shape index (κ1) is 14.0. The van der Waals surface area contributed by atoms with Gasteiger partial charge in [0, 0.05) is 30.9 Å². The number of methoxy groups -OCH3 is 1. The Bertz CT molecular complexity index is 582. The SMILES string of the molecule is COc1ccc(CNCc2ccccc2C(N)=O)cn1. The largest absolute Gasteiger partial charge is 0.481 e. The highest BCUT2D eigenvalue weighted by atomic mass is 16.5. The van der Waals surface area contributed by atoms with Crippen LogP contribution in [0.4, 0.5) is 0 Å². The molecule has 0 saturated heterocycles. The molecule has 1 amide bonds. The molecule has 0 saturated carbocycles. The number of carbonyl (C=O) groups excluding carboxylic acids is 1. The predicted octanol–water partition coefficient (Wildman–Crippen LogP) is 1.48. The fraction of sp³-hybridized carbons (Fsp3) is 0.200. The number of carbonyl (C=O) groups is 1. The molecule has 1 heterocycles. The summed E-state index contributed by atoms with van der Waals surface area (Å²) in [7, 11) is 1.58. The van der Waals surface area contributed by atoms with Gasteiger partial charge in [0.05, 0.1) is 7.11 Å². The molecule has 0 aliphatic heterocycles. The van der Waals surface area contributed by atoms with Crippen molar-refractivity contribution in [2.24, 2.45) is 5.73 Å². The summed E-state index contributed by atoms with van der Waals surface area (Å²) in [5.41, 5.74) is 7.82. The van der Waals surface area contributed by atoms with E-state index in [0.717, 1.165) is 11.1 Å². The van der Waals surface area contributed by atoms with Crippen molar-refractivity contribution in [3.05, 3.63) is 59.3 Å². The second-order valence-electron chi connectivity index (χ2n) is 4.33. The summed E-state index contributed by atoms with van der Waals surface area (Å²) in [6.45, 7) is 1.23. The molecule has 0 unspecified atom stereocenters. The Morgan fingerprint density at radius 2 is 2.05 bits per heavy atom. The van der Waals surface area contributed by atoms with Gasteiger partial charge in [-0.2, -0.15) is 0 Å². The third-order valence-corrected chi connectivity index (χ3v) is 2.93. The number of amides is 1. The van der Waals surface area contributed by atoms with Crippen LogP contribution in [-0.4, -0.2) is 18.0 Å². The number of nitrogens with two attached hydrogens (primary N) is 1. The molecule has 20 heavy (non-hydrogen) atoms. The van der Waals surface area contributed by atoms with Crippen LogP contribution in [0.5, 0.6) is 5.88 Å². The van der Waals surface area contributed by atoms with Gasteiger partial charge in [-0.1, -0.05) is 24.3 Å². The Kier molecular flexibility index (Phi) is 4.68. The Labute approximate surface area is 117 Å². The molecule has 2 rings (SSSR count). The van der Waals surface area contributed by atoms with Crippen molar-refractivity contribution in [3.63, 3.8) is 0 Å². The molecule has 0 radical (unpaired) electrons. The van der Waals surface area contributed by atoms with E-state index in [9.17, 15) is 4.79 Å². The zero-order valence-corrected chi connectivity index (χ0v) is 11.3. The van der Waals surface area contributed by atoms with Gasteiger partial charge >= 0.3 is 0 Å². The van der Waals surface area contributed by atoms with Crippen LogP contribution in [0.15, 0.2) is 42.6 Å². The highest BCUT2D eigenvalue weighted by Gasteiger charge is 2.06. The highest BCUT2D eigenvalue weighted by molar-refractivity contribution is 5.94. The summed E-state index contributed by atoms with van der Waals surface area (Å²) >= 11 is 0. The van der Waals surface area contributed by atoms with Crippen LogP contribution in [0.1, 0.15) is 21.5 Å². The number of hydrogen-bond donors (Lipinski definition) is 2. The van der Waals surface area contributed by atoms with Gasteiger partial charge in [-0.25, -0.2) is 4.98 Å². The number of aromatic nitrogens is 1. The monoisotopic (exact) mass is 271 g/mol. The Balaban J connectivity index is 1.94. The minimum absolute atomic E-state index is 0.409. The van der Waals surface area contributed by atoms with Crippen molar-refractivity contribution in [2.75, 3.05) is 7.11 Å². The van der Waals surface area contributed by atoms with Crippen LogP contribution in [0.3, 0.4) is 0 Å². The summed E-state index contributed by atoms with van der Waals surface area (Å²) in [5, 5.41) is 3.26. The smallest absolute Gasteiger partial charge is 0.249 e. The number of nitrogens with zero attached hydrogens (tertiary/aromatic N) is 1. The van der Waals surface area contributed by atoms with E-state index >= 15 is 0 Å². The van der Waals surface area contributed by atoms with E-state index in [1.54, 1.807) is 25.4 Å². The van der Waals surface area contributed by atoms with Gasteiger partial charge in [-0.15, -0.1) is 0 Å². The summed E-state index contributed by atoms with van der Waals surface area (Å²) in [6, 6.07) is 11.1. The summed E-state index contributed by atoms with van der Waals surface area (Å²) in [4.78, 5) is 15.4. The predicted molar refractivity (Wildman–Crippen MR) is 76.3 cm³/mol. The lowest BCUT2D eigenvalue weighted by Gasteiger charge is -2.08. The lowest BCUT2D eigenvalue weighted by molar-refractivity contribution is 0.0999.